The van der Waals surface area contributed by atoms with Gasteiger partial charge in [0, 0.05) is 13.5 Å². The van der Waals surface area contributed by atoms with Crippen LogP contribution in [0.2, 0.25) is 0 Å². The lowest BCUT2D eigenvalue weighted by atomic mass is 10.6. The van der Waals surface area contributed by atoms with Gasteiger partial charge in [0.05, 0.1) is 19.3 Å². The van der Waals surface area contributed by atoms with Gasteiger partial charge < -0.3 is 9.84 Å². The zero-order valence-electron chi connectivity index (χ0n) is 5.92. The van der Waals surface area contributed by atoms with E-state index in [1.54, 1.807) is 7.11 Å². The maximum absolute atomic E-state index is 7.94. The van der Waals surface area contributed by atoms with E-state index < -0.39 is 0 Å². The van der Waals surface area contributed by atoms with Crippen LogP contribution < -0.4 is 0 Å². The van der Waals surface area contributed by atoms with Crippen molar-refractivity contribution in [2.24, 2.45) is 0 Å². The molecule has 0 bridgehead atoms. The number of hydrogen-bond donors (Lipinski definition) is 1. The molecule has 0 aliphatic heterocycles. The van der Waals surface area contributed by atoms with E-state index in [0.29, 0.717) is 13.0 Å². The fraction of sp³-hybridized carbons (Fsp3) is 0.833. The van der Waals surface area contributed by atoms with E-state index in [1.807, 2.05) is 13.0 Å². The summed E-state index contributed by atoms with van der Waals surface area (Å²) in [6, 6.07) is 1.93. The maximum atomic E-state index is 7.94. The summed E-state index contributed by atoms with van der Waals surface area (Å²) in [6.45, 7) is 2.39. The van der Waals surface area contributed by atoms with Crippen LogP contribution in [0.15, 0.2) is 0 Å². The van der Waals surface area contributed by atoms with Gasteiger partial charge in [0.25, 0.3) is 0 Å². The van der Waals surface area contributed by atoms with E-state index in [1.165, 1.54) is 0 Å². The Kier molecular flexibility index (Phi) is 19.5. The molecule has 54 valence electrons. The van der Waals surface area contributed by atoms with Gasteiger partial charge in [-0.1, -0.05) is 6.92 Å². The zero-order valence-corrected chi connectivity index (χ0v) is 5.92. The first kappa shape index (κ1) is 11.2. The monoisotopic (exact) mass is 131 g/mol. The zero-order chi connectivity index (χ0) is 7.54. The van der Waals surface area contributed by atoms with Gasteiger partial charge >= 0.3 is 0 Å². The molecule has 0 aliphatic carbocycles. The van der Waals surface area contributed by atoms with Crippen molar-refractivity contribution in [3.8, 4) is 6.07 Å². The van der Waals surface area contributed by atoms with Gasteiger partial charge in [0.2, 0.25) is 0 Å². The second-order valence-corrected chi connectivity index (χ2v) is 1.23. The normalized spacial score (nSPS) is 6.89. The van der Waals surface area contributed by atoms with E-state index >= 15 is 0 Å². The second-order valence-electron chi connectivity index (χ2n) is 1.23. The first-order valence-electron chi connectivity index (χ1n) is 2.80. The van der Waals surface area contributed by atoms with Crippen molar-refractivity contribution in [3.63, 3.8) is 0 Å². The lowest BCUT2D eigenvalue weighted by molar-refractivity contribution is 0.135. The summed E-state index contributed by atoms with van der Waals surface area (Å²) in [7, 11) is 1.55. The molecule has 0 spiro atoms. The number of nitrogens with zero attached hydrogens (tertiary/aromatic N) is 1. The molecular weight excluding hydrogens is 118 g/mol. The molecule has 9 heavy (non-hydrogen) atoms. The van der Waals surface area contributed by atoms with Crippen LogP contribution in [-0.4, -0.2) is 25.4 Å². The fourth-order valence-corrected chi connectivity index (χ4v) is 0.0913. The minimum atomic E-state index is 0.122. The van der Waals surface area contributed by atoms with Gasteiger partial charge in [0.1, 0.15) is 0 Å². The molecule has 0 rings (SSSR count). The van der Waals surface area contributed by atoms with Gasteiger partial charge in [-0.15, -0.1) is 0 Å². The predicted molar refractivity (Wildman–Crippen MR) is 34.9 cm³/mol. The Morgan fingerprint density at radius 1 is 1.67 bits per heavy atom. The van der Waals surface area contributed by atoms with E-state index in [4.69, 9.17) is 10.4 Å². The summed E-state index contributed by atoms with van der Waals surface area (Å²) < 4.78 is 4.44. The van der Waals surface area contributed by atoms with Crippen molar-refractivity contribution in [1.29, 1.82) is 5.26 Å². The van der Waals surface area contributed by atoms with Crippen LogP contribution in [0.4, 0.5) is 0 Å². The summed E-state index contributed by atoms with van der Waals surface area (Å²) in [5, 5.41) is 15.6. The molecule has 0 heterocycles. The summed E-state index contributed by atoms with van der Waals surface area (Å²) in [6.07, 6.45) is 0.625. The average molecular weight is 131 g/mol. The Hall–Kier alpha value is -0.590. The van der Waals surface area contributed by atoms with Gasteiger partial charge in [-0.2, -0.15) is 5.26 Å². The highest BCUT2D eigenvalue weighted by Gasteiger charge is 1.67. The van der Waals surface area contributed by atoms with Crippen molar-refractivity contribution in [1.82, 2.24) is 0 Å². The van der Waals surface area contributed by atoms with Crippen molar-refractivity contribution in [3.05, 3.63) is 0 Å². The smallest absolute Gasteiger partial charge is 0.0693 e. The molecule has 0 fully saturated rings. The van der Waals surface area contributed by atoms with Crippen LogP contribution in [0.1, 0.15) is 13.3 Å². The molecule has 0 aromatic rings. The van der Waals surface area contributed by atoms with E-state index in [2.05, 4.69) is 4.74 Å². The molecule has 0 atom stereocenters. The Morgan fingerprint density at radius 2 is 2.11 bits per heavy atom. The van der Waals surface area contributed by atoms with Crippen LogP contribution >= 0.6 is 0 Å². The molecule has 0 aromatic carbocycles. The highest BCUT2D eigenvalue weighted by atomic mass is 16.5. The number of nitriles is 1. The molecule has 3 heteroatoms. The third-order valence-electron chi connectivity index (χ3n) is 0.454. The Morgan fingerprint density at radius 3 is 2.11 bits per heavy atom. The molecule has 1 N–H and O–H groups in total. The molecule has 0 aliphatic rings. The Bertz CT molecular complexity index is 65.9. The van der Waals surface area contributed by atoms with Crippen LogP contribution in [0.25, 0.3) is 0 Å². The van der Waals surface area contributed by atoms with Crippen LogP contribution in [0.5, 0.6) is 0 Å². The molecule has 3 nitrogen and oxygen atoms in total. The van der Waals surface area contributed by atoms with Gasteiger partial charge in [-0.05, 0) is 0 Å². The first-order valence-corrected chi connectivity index (χ1v) is 2.80. The summed E-state index contributed by atoms with van der Waals surface area (Å²) in [4.78, 5) is 0. The Labute approximate surface area is 55.9 Å². The van der Waals surface area contributed by atoms with Crippen LogP contribution in [0.3, 0.4) is 0 Å². The number of hydrogen-bond acceptors (Lipinski definition) is 3. The van der Waals surface area contributed by atoms with Crippen LogP contribution in [-0.2, 0) is 4.74 Å². The molecule has 0 aromatic heterocycles. The number of methoxy groups -OCH3 is 1. The lowest BCUT2D eigenvalue weighted by Crippen LogP contribution is -1.91. The second kappa shape index (κ2) is 15.7. The van der Waals surface area contributed by atoms with Crippen molar-refractivity contribution in [2.75, 3.05) is 20.3 Å². The fourth-order valence-electron chi connectivity index (χ4n) is 0.0913. The average Bonchev–Trinajstić information content (AvgIpc) is 1.91. The molecule has 0 unspecified atom stereocenters. The number of aliphatic hydroxyl groups is 1. The van der Waals surface area contributed by atoms with E-state index in [0.717, 1.165) is 0 Å². The van der Waals surface area contributed by atoms with Crippen LogP contribution in [0, 0.1) is 11.3 Å². The van der Waals surface area contributed by atoms with Gasteiger partial charge in [-0.25, -0.2) is 0 Å². The third-order valence-corrected chi connectivity index (χ3v) is 0.454. The summed E-state index contributed by atoms with van der Waals surface area (Å²) in [5.74, 6) is 0. The van der Waals surface area contributed by atoms with E-state index in [-0.39, 0.29) is 6.61 Å². The largest absolute Gasteiger partial charge is 0.394 e. The lowest BCUT2D eigenvalue weighted by Gasteiger charge is -1.84. The number of aliphatic hydroxyl groups excluding tert-OH is 1. The molecule has 0 saturated heterocycles. The first-order chi connectivity index (χ1) is 4.33. The molecule has 0 amide bonds. The van der Waals surface area contributed by atoms with E-state index in [9.17, 15) is 0 Å². The maximum Gasteiger partial charge on any atom is 0.0693 e. The SMILES string of the molecule is CCC#N.COCCO. The topological polar surface area (TPSA) is 53.2 Å². The minimum Gasteiger partial charge on any atom is -0.394 e. The van der Waals surface area contributed by atoms with Crippen molar-refractivity contribution >= 4 is 0 Å². The standard InChI is InChI=1S/C3H5N.C3H8O2/c1-2-3-4;1-5-3-2-4/h2H2,1H3;4H,2-3H2,1H3. The highest BCUT2D eigenvalue weighted by Crippen LogP contribution is 1.58. The predicted octanol–water partition coefficient (Wildman–Crippen LogP) is 0.545. The third kappa shape index (κ3) is 37.3. The minimum absolute atomic E-state index is 0.122. The summed E-state index contributed by atoms with van der Waals surface area (Å²) in [5.41, 5.74) is 0. The number of ether oxygens (including phenoxy) is 1. The summed E-state index contributed by atoms with van der Waals surface area (Å²) >= 11 is 0. The van der Waals surface area contributed by atoms with Crippen molar-refractivity contribution in [2.45, 2.75) is 13.3 Å². The molecule has 0 radical (unpaired) electrons. The quantitative estimate of drug-likeness (QED) is 0.595. The number of rotatable bonds is 2. The van der Waals surface area contributed by atoms with Crippen molar-refractivity contribution < 1.29 is 9.84 Å². The highest BCUT2D eigenvalue weighted by molar-refractivity contribution is 4.61. The van der Waals surface area contributed by atoms with Gasteiger partial charge in [0.15, 0.2) is 0 Å². The Balaban J connectivity index is 0. The molecule has 0 saturated carbocycles. The molecular formula is C6H13NO2. The van der Waals surface area contributed by atoms with Gasteiger partial charge in [-0.3, -0.25) is 0 Å².